The monoisotopic (exact) mass is 543 g/mol. The molecule has 1 heterocycles. The van der Waals surface area contributed by atoms with Gasteiger partial charge < -0.3 is 9.30 Å². The quantitative estimate of drug-likeness (QED) is 0.268. The zero-order valence-electron chi connectivity index (χ0n) is 21.3. The highest BCUT2D eigenvalue weighted by Crippen LogP contribution is 2.46. The zero-order valence-corrected chi connectivity index (χ0v) is 23.0. The van der Waals surface area contributed by atoms with Gasteiger partial charge in [0.25, 0.3) is 0 Å². The van der Waals surface area contributed by atoms with Gasteiger partial charge in [-0.2, -0.15) is 4.31 Å². The second-order valence-corrected chi connectivity index (χ2v) is 13.9. The Hall–Kier alpha value is -3.28. The molecule has 1 saturated heterocycles. The van der Waals surface area contributed by atoms with E-state index in [1.54, 1.807) is 36.2 Å². The van der Waals surface area contributed by atoms with Gasteiger partial charge in [0.1, 0.15) is 12.3 Å². The van der Waals surface area contributed by atoms with Crippen molar-refractivity contribution in [1.82, 2.24) is 4.31 Å². The van der Waals surface area contributed by atoms with Crippen molar-refractivity contribution >= 4 is 27.8 Å². The second-order valence-electron chi connectivity index (χ2n) is 9.42. The Morgan fingerprint density at radius 1 is 0.763 bits per heavy atom. The topological polar surface area (TPSA) is 63.7 Å². The molecular weight excluding hydrogens is 513 g/mol. The maximum absolute atomic E-state index is 14.6. The van der Waals surface area contributed by atoms with Crippen molar-refractivity contribution in [2.75, 3.05) is 0 Å². The predicted molar refractivity (Wildman–Crippen MR) is 153 cm³/mol. The van der Waals surface area contributed by atoms with Crippen molar-refractivity contribution in [3.8, 4) is 0 Å². The molecule has 0 bridgehead atoms. The minimum atomic E-state index is -3.92. The molecule has 1 aliphatic heterocycles. The van der Waals surface area contributed by atoms with E-state index in [4.69, 9.17) is 4.74 Å². The summed E-state index contributed by atoms with van der Waals surface area (Å²) in [5, 5.41) is 1.34. The van der Waals surface area contributed by atoms with E-state index in [0.717, 1.165) is 11.1 Å². The third-order valence-corrected chi connectivity index (χ3v) is 11.5. The van der Waals surface area contributed by atoms with Crippen LogP contribution >= 0.6 is 7.14 Å². The average Bonchev–Trinajstić information content (AvgIpc) is 3.30. The van der Waals surface area contributed by atoms with Gasteiger partial charge in [0, 0.05) is 10.6 Å². The van der Waals surface area contributed by atoms with Gasteiger partial charge in [-0.15, -0.1) is 0 Å². The lowest BCUT2D eigenvalue weighted by atomic mass is 10.0. The van der Waals surface area contributed by atoms with E-state index in [2.05, 4.69) is 0 Å². The van der Waals surface area contributed by atoms with Crippen LogP contribution in [0.4, 0.5) is 0 Å². The van der Waals surface area contributed by atoms with Gasteiger partial charge in [0.2, 0.25) is 10.0 Å². The average molecular weight is 544 g/mol. The second kappa shape index (κ2) is 10.8. The van der Waals surface area contributed by atoms with Crippen LogP contribution in [0.25, 0.3) is 0 Å². The summed E-state index contributed by atoms with van der Waals surface area (Å²) < 4.78 is 50.3. The first-order chi connectivity index (χ1) is 18.3. The summed E-state index contributed by atoms with van der Waals surface area (Å²) in [5.41, 5.74) is 1.86. The van der Waals surface area contributed by atoms with Crippen molar-refractivity contribution in [3.63, 3.8) is 0 Å². The molecule has 4 aromatic carbocycles. The van der Waals surface area contributed by atoms with Crippen LogP contribution in [0.1, 0.15) is 24.2 Å². The van der Waals surface area contributed by atoms with Gasteiger partial charge in [-0.1, -0.05) is 109 Å². The van der Waals surface area contributed by atoms with Gasteiger partial charge in [-0.3, -0.25) is 0 Å². The molecule has 0 aliphatic carbocycles. The molecule has 194 valence electrons. The number of rotatable bonds is 7. The van der Waals surface area contributed by atoms with E-state index >= 15 is 0 Å². The molecule has 5 rings (SSSR count). The molecule has 38 heavy (non-hydrogen) atoms. The molecule has 7 heteroatoms. The minimum absolute atomic E-state index is 0.194. The van der Waals surface area contributed by atoms with Gasteiger partial charge in [0.15, 0.2) is 7.14 Å². The molecule has 3 atom stereocenters. The van der Waals surface area contributed by atoms with Crippen molar-refractivity contribution in [3.05, 3.63) is 138 Å². The van der Waals surface area contributed by atoms with Crippen molar-refractivity contribution in [1.29, 1.82) is 0 Å². The van der Waals surface area contributed by atoms with E-state index in [9.17, 15) is 13.0 Å². The summed E-state index contributed by atoms with van der Waals surface area (Å²) in [4.78, 5) is 0.194. The fourth-order valence-corrected chi connectivity index (χ4v) is 8.75. The summed E-state index contributed by atoms with van der Waals surface area (Å²) >= 11 is 0. The number of sulfonamides is 1. The third kappa shape index (κ3) is 5.05. The molecule has 5 nitrogen and oxygen atoms in total. The highest BCUT2D eigenvalue weighted by Gasteiger charge is 2.46. The Morgan fingerprint density at radius 2 is 1.26 bits per heavy atom. The summed E-state index contributed by atoms with van der Waals surface area (Å²) in [6.45, 7) is 3.77. The van der Waals surface area contributed by atoms with Crippen molar-refractivity contribution in [2.45, 2.75) is 37.1 Å². The van der Waals surface area contributed by atoms with Gasteiger partial charge in [-0.05, 0) is 43.4 Å². The molecule has 0 unspecified atom stereocenters. The van der Waals surface area contributed by atoms with Crippen molar-refractivity contribution < 1.29 is 17.7 Å². The van der Waals surface area contributed by atoms with Crippen LogP contribution in [-0.4, -0.2) is 25.0 Å². The first kappa shape index (κ1) is 26.3. The first-order valence-corrected chi connectivity index (χ1v) is 15.7. The summed E-state index contributed by atoms with van der Waals surface area (Å²) in [7, 11) is -7.15. The highest BCUT2D eigenvalue weighted by molar-refractivity contribution is 7.89. The Kier molecular flexibility index (Phi) is 7.51. The largest absolute Gasteiger partial charge is 0.349 e. The Balaban J connectivity index is 1.60. The number of benzene rings is 4. The number of hydrogen-bond donors (Lipinski definition) is 0. The predicted octanol–water partition coefficient (Wildman–Crippen LogP) is 6.00. The SMILES string of the molecule is Cc1ccc(S(=O)(=O)N2[C@H](/C=C/P(=O)(c3ccccc3)c3ccccc3)O[C@H](c3ccccc3)[C@@H]2C)cc1. The van der Waals surface area contributed by atoms with Crippen LogP contribution in [0.15, 0.2) is 132 Å². The number of aryl methyl sites for hydroxylation is 1. The summed E-state index contributed by atoms with van der Waals surface area (Å²) in [6, 6.07) is 34.4. The smallest absolute Gasteiger partial charge is 0.245 e. The van der Waals surface area contributed by atoms with Gasteiger partial charge in [-0.25, -0.2) is 8.42 Å². The van der Waals surface area contributed by atoms with E-state index in [1.165, 1.54) is 4.31 Å². The maximum atomic E-state index is 14.6. The van der Waals surface area contributed by atoms with Crippen LogP contribution in [0.5, 0.6) is 0 Å². The Morgan fingerprint density at radius 3 is 1.79 bits per heavy atom. The van der Waals surface area contributed by atoms with Crippen LogP contribution in [0.3, 0.4) is 0 Å². The zero-order chi connectivity index (χ0) is 26.8. The maximum Gasteiger partial charge on any atom is 0.245 e. The normalized spacial score (nSPS) is 20.6. The molecular formula is C31H30NO4PS. The Bertz CT molecular complexity index is 1510. The molecule has 1 fully saturated rings. The van der Waals surface area contributed by atoms with E-state index in [0.29, 0.717) is 10.6 Å². The van der Waals surface area contributed by atoms with Crippen LogP contribution in [0.2, 0.25) is 0 Å². The van der Waals surface area contributed by atoms with Gasteiger partial charge in [0.05, 0.1) is 10.9 Å². The molecule has 0 aromatic heterocycles. The lowest BCUT2D eigenvalue weighted by Crippen LogP contribution is -2.40. The van der Waals surface area contributed by atoms with E-state index in [-0.39, 0.29) is 4.90 Å². The number of ether oxygens (including phenoxy) is 1. The van der Waals surface area contributed by atoms with Crippen LogP contribution in [-0.2, 0) is 19.3 Å². The third-order valence-electron chi connectivity index (χ3n) is 6.84. The summed E-state index contributed by atoms with van der Waals surface area (Å²) in [6.07, 6.45) is 0.215. The summed E-state index contributed by atoms with van der Waals surface area (Å²) in [5.74, 6) is 1.64. The molecule has 0 N–H and O–H groups in total. The fourth-order valence-electron chi connectivity index (χ4n) is 4.82. The first-order valence-electron chi connectivity index (χ1n) is 12.5. The van der Waals surface area contributed by atoms with E-state index < -0.39 is 35.5 Å². The molecule has 1 aliphatic rings. The molecule has 0 amide bonds. The number of nitrogens with zero attached hydrogens (tertiary/aromatic N) is 1. The minimum Gasteiger partial charge on any atom is -0.349 e. The molecule has 0 radical (unpaired) electrons. The van der Waals surface area contributed by atoms with Crippen LogP contribution in [0, 0.1) is 6.92 Å². The molecule has 4 aromatic rings. The Labute approximate surface area is 224 Å². The van der Waals surface area contributed by atoms with Crippen LogP contribution < -0.4 is 10.6 Å². The molecule has 0 spiro atoms. The number of hydrogen-bond acceptors (Lipinski definition) is 4. The molecule has 0 saturated carbocycles. The lowest BCUT2D eigenvalue weighted by Gasteiger charge is -2.25. The van der Waals surface area contributed by atoms with E-state index in [1.807, 2.05) is 105 Å². The van der Waals surface area contributed by atoms with Gasteiger partial charge >= 0.3 is 0 Å². The van der Waals surface area contributed by atoms with Crippen molar-refractivity contribution in [2.24, 2.45) is 0 Å². The standard InChI is InChI=1S/C31H30NO4PS/c1-24-18-20-29(21-19-24)38(34,35)32-25(2)31(26-12-6-3-7-13-26)36-30(32)22-23-37(33,27-14-8-4-9-15-27)28-16-10-5-11-17-28/h3-23,25,30-31H,1-2H3/b23-22+/t25-,30-,31-/m0/s1. The lowest BCUT2D eigenvalue weighted by molar-refractivity contribution is 0.0516. The highest BCUT2D eigenvalue weighted by atomic mass is 32.2. The fraction of sp³-hybridized carbons (Fsp3) is 0.161.